The Kier molecular flexibility index (Phi) is 11.5. The van der Waals surface area contributed by atoms with Gasteiger partial charge in [0, 0.05) is 12.1 Å². The molecule has 0 saturated heterocycles. The number of aromatic nitrogens is 1. The summed E-state index contributed by atoms with van der Waals surface area (Å²) in [6.45, 7) is 11.4. The predicted octanol–water partition coefficient (Wildman–Crippen LogP) is 5.54. The summed E-state index contributed by atoms with van der Waals surface area (Å²) >= 11 is 0. The minimum atomic E-state index is -1.50. The van der Waals surface area contributed by atoms with E-state index in [1.807, 2.05) is 12.1 Å². The molecule has 4 rings (SSSR count). The standard InChI is InChI=1S/C38H44N4O9/c1-21-27-31(42-33(49-35(27)46)24(34(45)51-38(5,6)7)19-26(43)50-37(2,3)4)30(40)28(29(21)39)32(44)25(18-22-14-10-8-11-15-22)41-36(47)48-20-23-16-12-9-13-17-23/h8-17,24-25H,18-20,39-40H2,1-7H3,(H,41,47)/t24?,25-/m0/s1. The van der Waals surface area contributed by atoms with Gasteiger partial charge in [-0.05, 0) is 65.2 Å². The van der Waals surface area contributed by atoms with Gasteiger partial charge in [0.15, 0.2) is 5.78 Å². The topological polar surface area (TPSA) is 203 Å². The molecular formula is C38H44N4O9. The Balaban J connectivity index is 1.80. The summed E-state index contributed by atoms with van der Waals surface area (Å²) in [5.74, 6) is -4.31. The van der Waals surface area contributed by atoms with E-state index >= 15 is 0 Å². The van der Waals surface area contributed by atoms with Crippen molar-refractivity contribution >= 4 is 46.1 Å². The van der Waals surface area contributed by atoms with Crippen molar-refractivity contribution < 1.29 is 37.8 Å². The number of nitrogen functional groups attached to an aromatic ring is 2. The quantitative estimate of drug-likeness (QED) is 0.0764. The molecule has 5 N–H and O–H groups in total. The number of nitrogens with one attached hydrogen (secondary N) is 1. The highest BCUT2D eigenvalue weighted by Crippen LogP contribution is 2.34. The Morgan fingerprint density at radius 1 is 0.843 bits per heavy atom. The van der Waals surface area contributed by atoms with Crippen LogP contribution in [0, 0.1) is 6.92 Å². The molecule has 0 aliphatic heterocycles. The van der Waals surface area contributed by atoms with Gasteiger partial charge in [-0.15, -0.1) is 0 Å². The van der Waals surface area contributed by atoms with E-state index in [0.29, 0.717) is 0 Å². The Labute approximate surface area is 295 Å². The van der Waals surface area contributed by atoms with Gasteiger partial charge >= 0.3 is 23.7 Å². The highest BCUT2D eigenvalue weighted by atomic mass is 16.6. The molecule has 0 radical (unpaired) electrons. The summed E-state index contributed by atoms with van der Waals surface area (Å²) < 4.78 is 21.9. The SMILES string of the molecule is Cc1c(N)c(C(=O)[C@H](Cc2ccccc2)NC(=O)OCc2ccccc2)c(N)c2nc(C(CC(=O)OC(C)(C)C)C(=O)OC(C)(C)C)oc(=O)c12. The molecule has 0 aliphatic carbocycles. The van der Waals surface area contributed by atoms with Crippen LogP contribution in [0.2, 0.25) is 0 Å². The molecule has 0 spiro atoms. The normalized spacial score (nSPS) is 12.8. The monoisotopic (exact) mass is 700 g/mol. The first-order valence-corrected chi connectivity index (χ1v) is 16.4. The number of carbonyl (C=O) groups excluding carboxylic acids is 4. The maximum absolute atomic E-state index is 14.3. The third kappa shape index (κ3) is 9.93. The highest BCUT2D eigenvalue weighted by molar-refractivity contribution is 6.15. The van der Waals surface area contributed by atoms with Gasteiger partial charge < -0.3 is 35.4 Å². The maximum Gasteiger partial charge on any atom is 0.408 e. The molecule has 4 aromatic rings. The molecule has 0 saturated carbocycles. The zero-order chi connectivity index (χ0) is 37.7. The van der Waals surface area contributed by atoms with Gasteiger partial charge in [-0.1, -0.05) is 60.7 Å². The number of hydrogen-bond donors (Lipinski definition) is 3. The lowest BCUT2D eigenvalue weighted by atomic mass is 9.92. The molecule has 270 valence electrons. The van der Waals surface area contributed by atoms with E-state index < -0.39 is 64.9 Å². The van der Waals surface area contributed by atoms with Crippen LogP contribution in [0.5, 0.6) is 0 Å². The van der Waals surface area contributed by atoms with E-state index in [1.165, 1.54) is 6.92 Å². The van der Waals surface area contributed by atoms with Crippen molar-refractivity contribution in [3.05, 3.63) is 99.2 Å². The van der Waals surface area contributed by atoms with Crippen LogP contribution in [0.15, 0.2) is 69.9 Å². The van der Waals surface area contributed by atoms with E-state index in [4.69, 9.17) is 30.1 Å². The fraction of sp³-hybridized carbons (Fsp3) is 0.368. The number of amides is 1. The van der Waals surface area contributed by atoms with Crippen LogP contribution in [-0.2, 0) is 36.8 Å². The fourth-order valence-electron chi connectivity index (χ4n) is 5.29. The minimum absolute atomic E-state index is 0.0388. The number of benzene rings is 3. The van der Waals surface area contributed by atoms with Crippen molar-refractivity contribution in [3.8, 4) is 0 Å². The van der Waals surface area contributed by atoms with Crippen LogP contribution in [0.25, 0.3) is 10.9 Å². The highest BCUT2D eigenvalue weighted by Gasteiger charge is 2.36. The van der Waals surface area contributed by atoms with E-state index in [1.54, 1.807) is 90.1 Å². The summed E-state index contributed by atoms with van der Waals surface area (Å²) in [5, 5.41) is 2.51. The van der Waals surface area contributed by atoms with Gasteiger partial charge in [0.2, 0.25) is 5.89 Å². The molecule has 1 amide bonds. The lowest BCUT2D eigenvalue weighted by Crippen LogP contribution is -2.43. The van der Waals surface area contributed by atoms with E-state index in [9.17, 15) is 24.0 Å². The largest absolute Gasteiger partial charge is 0.460 e. The summed E-state index contributed by atoms with van der Waals surface area (Å²) in [5.41, 5.74) is 11.1. The zero-order valence-corrected chi connectivity index (χ0v) is 29.8. The Morgan fingerprint density at radius 2 is 1.41 bits per heavy atom. The van der Waals surface area contributed by atoms with Crippen LogP contribution in [-0.4, -0.2) is 46.0 Å². The second kappa shape index (κ2) is 15.4. The van der Waals surface area contributed by atoms with Crippen molar-refractivity contribution in [2.24, 2.45) is 0 Å². The number of ether oxygens (including phenoxy) is 3. The molecule has 51 heavy (non-hydrogen) atoms. The molecule has 0 bridgehead atoms. The summed E-state index contributed by atoms with van der Waals surface area (Å²) in [6, 6.07) is 16.8. The lowest BCUT2D eigenvalue weighted by Gasteiger charge is -2.25. The first-order chi connectivity index (χ1) is 23.8. The number of fused-ring (bicyclic) bond motifs is 1. The van der Waals surface area contributed by atoms with Gasteiger partial charge in [-0.3, -0.25) is 14.4 Å². The number of aryl methyl sites for hydroxylation is 1. The number of alkyl carbamates (subject to hydrolysis) is 1. The number of rotatable bonds is 11. The van der Waals surface area contributed by atoms with E-state index in [0.717, 1.165) is 11.1 Å². The minimum Gasteiger partial charge on any atom is -0.460 e. The third-order valence-corrected chi connectivity index (χ3v) is 7.56. The van der Waals surface area contributed by atoms with Crippen molar-refractivity contribution in [2.45, 2.75) is 91.1 Å². The molecule has 13 nitrogen and oxygen atoms in total. The van der Waals surface area contributed by atoms with Crippen molar-refractivity contribution in [1.82, 2.24) is 10.3 Å². The molecule has 0 fully saturated rings. The number of nitrogens with two attached hydrogens (primary N) is 2. The number of anilines is 2. The van der Waals surface area contributed by atoms with Crippen LogP contribution >= 0.6 is 0 Å². The average Bonchev–Trinajstić information content (AvgIpc) is 3.04. The van der Waals surface area contributed by atoms with E-state index in [2.05, 4.69) is 10.3 Å². The summed E-state index contributed by atoms with van der Waals surface area (Å²) in [6.07, 6.45) is -1.38. The molecular weight excluding hydrogens is 656 g/mol. The summed E-state index contributed by atoms with van der Waals surface area (Å²) in [7, 11) is 0. The summed E-state index contributed by atoms with van der Waals surface area (Å²) in [4.78, 5) is 71.6. The van der Waals surface area contributed by atoms with E-state index in [-0.39, 0.29) is 46.4 Å². The van der Waals surface area contributed by atoms with Gasteiger partial charge in [-0.2, -0.15) is 0 Å². The van der Waals surface area contributed by atoms with Crippen molar-refractivity contribution in [2.75, 3.05) is 11.5 Å². The van der Waals surface area contributed by atoms with Crippen LogP contribution in [0.4, 0.5) is 16.2 Å². The first kappa shape index (κ1) is 38.1. The Morgan fingerprint density at radius 3 is 1.98 bits per heavy atom. The molecule has 1 heterocycles. The maximum atomic E-state index is 14.3. The van der Waals surface area contributed by atoms with Crippen LogP contribution < -0.4 is 22.4 Å². The molecule has 1 aromatic heterocycles. The fourth-order valence-corrected chi connectivity index (χ4v) is 5.29. The second-order valence-corrected chi connectivity index (χ2v) is 14.1. The number of hydrogen-bond acceptors (Lipinski definition) is 12. The third-order valence-electron chi connectivity index (χ3n) is 7.56. The van der Waals surface area contributed by atoms with Gasteiger partial charge in [0.25, 0.3) is 0 Å². The Bertz CT molecular complexity index is 1980. The number of esters is 2. The van der Waals surface area contributed by atoms with Crippen LogP contribution in [0.3, 0.4) is 0 Å². The second-order valence-electron chi connectivity index (χ2n) is 14.1. The van der Waals surface area contributed by atoms with Crippen LogP contribution in [0.1, 0.15) is 86.8 Å². The van der Waals surface area contributed by atoms with Gasteiger partial charge in [0.1, 0.15) is 29.2 Å². The van der Waals surface area contributed by atoms with Crippen molar-refractivity contribution in [1.29, 1.82) is 0 Å². The lowest BCUT2D eigenvalue weighted by molar-refractivity contribution is -0.164. The number of nitrogens with zero attached hydrogens (tertiary/aromatic N) is 1. The zero-order valence-electron chi connectivity index (χ0n) is 29.8. The van der Waals surface area contributed by atoms with Gasteiger partial charge in [0.05, 0.1) is 29.1 Å². The smallest absolute Gasteiger partial charge is 0.408 e. The van der Waals surface area contributed by atoms with Gasteiger partial charge in [-0.25, -0.2) is 14.6 Å². The number of carbonyl (C=O) groups is 4. The number of ketones is 1. The molecule has 2 atom stereocenters. The molecule has 0 aliphatic rings. The molecule has 3 aromatic carbocycles. The molecule has 1 unspecified atom stereocenters. The number of Topliss-reactive ketones (excluding diaryl/α,β-unsaturated/α-hetero) is 1. The first-order valence-electron chi connectivity index (χ1n) is 16.4. The molecule has 13 heteroatoms. The van der Waals surface area contributed by atoms with Crippen molar-refractivity contribution in [3.63, 3.8) is 0 Å². The Hall–Kier alpha value is -5.72. The average molecular weight is 701 g/mol. The predicted molar refractivity (Wildman–Crippen MR) is 191 cm³/mol.